The predicted octanol–water partition coefficient (Wildman–Crippen LogP) is 3.29. The molecule has 1 aliphatic rings. The average molecular weight is 940 g/mol. The molecule has 1 aliphatic heterocycles. The number of fused-ring (bicyclic) bond motifs is 5. The van der Waals surface area contributed by atoms with Crippen LogP contribution in [0.15, 0.2) is 54.6 Å². The first-order valence-corrected chi connectivity index (χ1v) is 22.6. The molecule has 68 heavy (non-hydrogen) atoms. The molecule has 4 bridgehead atoms. The normalized spacial score (nSPS) is 17.9. The standard InChI is InChI=1S/C50H65N7O11/c1-26-16-40(61)44(57(7)48(64)31(14-15-51)20-39(60)43-27(2)54-46(55-28(43)3)30-9-11-33(12-10-30)50(4,5)6)32-19-37(45(62)42(21-32)68-25-35(59)23-53)36-17-29(18-38(49(65)66)56-47(26)63)8-13-41(36)67-24-34(58)22-52/h8-13,17,19,21,26,31,34-35,38,44,58-59,62H,14-16,18,20,22-25,51-53H2,1-7H3,(H,56,63)(H,65,66)/t26-,31-,34-,35-,38+,44+/m1/s1. The van der Waals surface area contributed by atoms with Gasteiger partial charge >= 0.3 is 5.97 Å². The minimum absolute atomic E-state index is 0.00115. The third kappa shape index (κ3) is 12.6. The number of nitrogens with two attached hydrogens (primary N) is 3. The number of hydrogen-bond acceptors (Lipinski definition) is 15. The number of ketones is 2. The number of aliphatic hydroxyl groups is 2. The maximum atomic E-state index is 14.9. The number of phenols is 1. The van der Waals surface area contributed by atoms with Crippen molar-refractivity contribution in [1.82, 2.24) is 20.2 Å². The van der Waals surface area contributed by atoms with E-state index in [1.54, 1.807) is 19.9 Å². The first-order valence-electron chi connectivity index (χ1n) is 22.6. The number of ether oxygens (including phenoxy) is 2. The van der Waals surface area contributed by atoms with Crippen molar-refractivity contribution in [2.45, 2.75) is 96.9 Å². The molecule has 18 heteroatoms. The van der Waals surface area contributed by atoms with Crippen molar-refractivity contribution in [2.24, 2.45) is 29.0 Å². The fourth-order valence-corrected chi connectivity index (χ4v) is 8.16. The van der Waals surface area contributed by atoms with Gasteiger partial charge in [0.25, 0.3) is 0 Å². The number of aliphatic carboxylic acids is 1. The minimum atomic E-state index is -1.50. The number of amides is 2. The Morgan fingerprint density at radius 2 is 1.47 bits per heavy atom. The van der Waals surface area contributed by atoms with Gasteiger partial charge in [0.2, 0.25) is 11.8 Å². The summed E-state index contributed by atoms with van der Waals surface area (Å²) >= 11 is 0. The summed E-state index contributed by atoms with van der Waals surface area (Å²) in [5.74, 6) is -6.10. The molecule has 2 heterocycles. The summed E-state index contributed by atoms with van der Waals surface area (Å²) in [5, 5.41) is 45.3. The van der Waals surface area contributed by atoms with Crippen LogP contribution in [0.5, 0.6) is 17.2 Å². The van der Waals surface area contributed by atoms with Crippen molar-refractivity contribution in [3.8, 4) is 39.8 Å². The van der Waals surface area contributed by atoms with E-state index in [1.165, 1.54) is 38.2 Å². The van der Waals surface area contributed by atoms with E-state index in [9.17, 15) is 44.4 Å². The molecular formula is C50H65N7O11. The van der Waals surface area contributed by atoms with E-state index in [4.69, 9.17) is 26.7 Å². The van der Waals surface area contributed by atoms with E-state index in [0.717, 1.165) is 16.0 Å². The molecule has 0 spiro atoms. The van der Waals surface area contributed by atoms with E-state index in [1.807, 2.05) is 24.3 Å². The molecule has 0 aliphatic carbocycles. The van der Waals surface area contributed by atoms with Crippen LogP contribution in [0.2, 0.25) is 0 Å². The van der Waals surface area contributed by atoms with Crippen LogP contribution < -0.4 is 32.0 Å². The Morgan fingerprint density at radius 1 is 0.868 bits per heavy atom. The molecule has 0 radical (unpaired) electrons. The highest BCUT2D eigenvalue weighted by Crippen LogP contribution is 2.45. The highest BCUT2D eigenvalue weighted by atomic mass is 16.5. The number of aliphatic hydroxyl groups excluding tert-OH is 2. The number of likely N-dealkylation sites (N-methyl/N-ethyl adjacent to an activating group) is 1. The van der Waals surface area contributed by atoms with Crippen LogP contribution in [0.25, 0.3) is 22.5 Å². The molecule has 6 atom stereocenters. The number of aromatic hydroxyl groups is 1. The highest BCUT2D eigenvalue weighted by Gasteiger charge is 2.37. The summed E-state index contributed by atoms with van der Waals surface area (Å²) in [6, 6.07) is 12.3. The molecule has 5 rings (SSSR count). The molecule has 1 aromatic heterocycles. The first-order chi connectivity index (χ1) is 32.1. The zero-order chi connectivity index (χ0) is 50.2. The third-order valence-corrected chi connectivity index (χ3v) is 12.1. The lowest BCUT2D eigenvalue weighted by molar-refractivity contribution is -0.144. The molecule has 4 aromatic rings. The molecule has 18 nitrogen and oxygen atoms in total. The van der Waals surface area contributed by atoms with Gasteiger partial charge in [0.1, 0.15) is 43.3 Å². The number of carbonyl (C=O) groups is 5. The summed E-state index contributed by atoms with van der Waals surface area (Å²) < 4.78 is 11.9. The fourth-order valence-electron chi connectivity index (χ4n) is 8.16. The number of aromatic nitrogens is 2. The number of hydrogen-bond donors (Lipinski definition) is 8. The Bertz CT molecular complexity index is 2470. The number of aryl methyl sites for hydroxylation is 2. The minimum Gasteiger partial charge on any atom is -0.504 e. The van der Waals surface area contributed by atoms with Crippen molar-refractivity contribution in [3.63, 3.8) is 0 Å². The number of phenolic OH excluding ortho intramolecular Hbond substituents is 1. The molecule has 2 amide bonds. The van der Waals surface area contributed by atoms with Crippen LogP contribution in [0.4, 0.5) is 0 Å². The average Bonchev–Trinajstić information content (AvgIpc) is 3.29. The zero-order valence-corrected chi connectivity index (χ0v) is 39.7. The van der Waals surface area contributed by atoms with Gasteiger partial charge in [-0.15, -0.1) is 0 Å². The van der Waals surface area contributed by atoms with Crippen LogP contribution >= 0.6 is 0 Å². The number of carboxylic acids is 1. The van der Waals surface area contributed by atoms with Gasteiger partial charge in [0.15, 0.2) is 28.9 Å². The Labute approximate surface area is 396 Å². The van der Waals surface area contributed by atoms with E-state index >= 15 is 0 Å². The maximum Gasteiger partial charge on any atom is 0.326 e. The van der Waals surface area contributed by atoms with Crippen LogP contribution in [-0.2, 0) is 31.0 Å². The Hall–Kier alpha value is -6.31. The van der Waals surface area contributed by atoms with Gasteiger partial charge in [-0.3, -0.25) is 19.2 Å². The quantitative estimate of drug-likeness (QED) is 0.0705. The van der Waals surface area contributed by atoms with Crippen molar-refractivity contribution >= 4 is 29.4 Å². The van der Waals surface area contributed by atoms with E-state index < -0.39 is 84.3 Å². The van der Waals surface area contributed by atoms with Gasteiger partial charge in [-0.25, -0.2) is 14.8 Å². The Kier molecular flexibility index (Phi) is 17.5. The summed E-state index contributed by atoms with van der Waals surface area (Å²) in [5.41, 5.74) is 20.9. The van der Waals surface area contributed by atoms with Gasteiger partial charge in [-0.1, -0.05) is 58.0 Å². The lowest BCUT2D eigenvalue weighted by Gasteiger charge is -2.32. The molecule has 366 valence electrons. The van der Waals surface area contributed by atoms with Gasteiger partial charge in [0.05, 0.1) is 17.0 Å². The number of benzene rings is 3. The van der Waals surface area contributed by atoms with Crippen LogP contribution in [0.1, 0.15) is 91.4 Å². The SMILES string of the molecule is Cc1nc(-c2ccc(C(C)(C)C)cc2)nc(C)c1C(=O)C[C@@H](CCN)C(=O)N(C)[C@@H]1C(=O)C[C@@H](C)C(=O)N[C@H](C(=O)O)Cc2ccc(OC[C@H](O)CN)c(c2)-c2cc1cc(OC[C@H](O)CN)c2O. The number of nitrogens with one attached hydrogen (secondary N) is 1. The molecule has 0 saturated heterocycles. The summed E-state index contributed by atoms with van der Waals surface area (Å²) in [7, 11) is 1.38. The summed E-state index contributed by atoms with van der Waals surface area (Å²) in [6.07, 6.45) is -3.23. The van der Waals surface area contributed by atoms with Gasteiger partial charge < -0.3 is 57.3 Å². The van der Waals surface area contributed by atoms with Crippen molar-refractivity contribution in [2.75, 3.05) is 39.9 Å². The number of rotatable bonds is 17. The lowest BCUT2D eigenvalue weighted by Crippen LogP contribution is -2.45. The predicted molar refractivity (Wildman–Crippen MR) is 254 cm³/mol. The summed E-state index contributed by atoms with van der Waals surface area (Å²) in [4.78, 5) is 80.6. The number of Topliss-reactive ketones (excluding diaryl/α,β-unsaturated/α-hetero) is 2. The van der Waals surface area contributed by atoms with Gasteiger partial charge in [0, 0.05) is 67.9 Å². The van der Waals surface area contributed by atoms with Crippen LogP contribution in [-0.4, -0.2) is 123 Å². The smallest absolute Gasteiger partial charge is 0.326 e. The largest absolute Gasteiger partial charge is 0.504 e. The molecular weight excluding hydrogens is 875 g/mol. The lowest BCUT2D eigenvalue weighted by atomic mass is 9.86. The van der Waals surface area contributed by atoms with E-state index in [2.05, 4.69) is 36.1 Å². The molecule has 0 fully saturated rings. The topological polar surface area (TPSA) is 304 Å². The van der Waals surface area contributed by atoms with Crippen molar-refractivity contribution < 1.29 is 53.9 Å². The summed E-state index contributed by atoms with van der Waals surface area (Å²) in [6.45, 7) is 10.2. The second-order valence-corrected chi connectivity index (χ2v) is 18.5. The Balaban J connectivity index is 1.62. The molecule has 3 aromatic carbocycles. The monoisotopic (exact) mass is 939 g/mol. The number of nitrogens with zero attached hydrogens (tertiary/aromatic N) is 3. The maximum absolute atomic E-state index is 14.9. The number of carbonyl (C=O) groups excluding carboxylic acids is 4. The highest BCUT2D eigenvalue weighted by molar-refractivity contribution is 6.01. The van der Waals surface area contributed by atoms with Crippen molar-refractivity contribution in [3.05, 3.63) is 88.2 Å². The second-order valence-electron chi connectivity index (χ2n) is 18.5. The number of carboxylic acid groups (broad SMARTS) is 1. The van der Waals surface area contributed by atoms with Crippen LogP contribution in [0.3, 0.4) is 0 Å². The molecule has 11 N–H and O–H groups in total. The van der Waals surface area contributed by atoms with Gasteiger partial charge in [-0.2, -0.15) is 0 Å². The van der Waals surface area contributed by atoms with E-state index in [0.29, 0.717) is 22.8 Å². The van der Waals surface area contributed by atoms with Crippen molar-refractivity contribution in [1.29, 1.82) is 0 Å². The van der Waals surface area contributed by atoms with Crippen LogP contribution in [0, 0.1) is 25.7 Å². The Morgan fingerprint density at radius 3 is 2.03 bits per heavy atom. The van der Waals surface area contributed by atoms with Gasteiger partial charge in [-0.05, 0) is 73.2 Å². The molecule has 0 unspecified atom stereocenters. The third-order valence-electron chi connectivity index (χ3n) is 12.1. The first kappa shape index (κ1) is 52.7. The second kappa shape index (κ2) is 22.7. The fraction of sp³-hybridized carbons (Fsp3) is 0.460. The van der Waals surface area contributed by atoms with E-state index in [-0.39, 0.29) is 84.7 Å². The zero-order valence-electron chi connectivity index (χ0n) is 39.7. The molecule has 0 saturated carbocycles.